The molecule has 0 spiro atoms. The molecule has 0 radical (unpaired) electrons. The maximum Gasteiger partial charge on any atom is 0.395 e. The van der Waals surface area contributed by atoms with Crippen LogP contribution in [0.1, 0.15) is 23.5 Å². The predicted molar refractivity (Wildman–Crippen MR) is 70.0 cm³/mol. The van der Waals surface area contributed by atoms with Crippen molar-refractivity contribution in [2.24, 2.45) is 0 Å². The number of aryl methyl sites for hydroxylation is 1. The summed E-state index contributed by atoms with van der Waals surface area (Å²) in [4.78, 5) is 0. The van der Waals surface area contributed by atoms with E-state index in [0.29, 0.717) is 6.42 Å². The molecule has 0 N–H and O–H groups in total. The van der Waals surface area contributed by atoms with Gasteiger partial charge in [-0.05, 0) is 36.1 Å². The minimum atomic E-state index is -4.37. The van der Waals surface area contributed by atoms with Gasteiger partial charge in [0.15, 0.2) is 0 Å². The second-order valence-corrected chi connectivity index (χ2v) is 4.67. The largest absolute Gasteiger partial charge is 0.395 e. The van der Waals surface area contributed by atoms with Crippen LogP contribution in [0.3, 0.4) is 0 Å². The van der Waals surface area contributed by atoms with Crippen molar-refractivity contribution in [2.45, 2.75) is 24.9 Å². The zero-order valence-electron chi connectivity index (χ0n) is 10.7. The van der Waals surface area contributed by atoms with Crippen LogP contribution in [0.5, 0.6) is 0 Å². The zero-order chi connectivity index (χ0) is 14.6. The molecule has 0 nitrogen and oxygen atoms in total. The minimum absolute atomic E-state index is 0.0200. The highest BCUT2D eigenvalue weighted by molar-refractivity contribution is 5.23. The molecule has 0 aliphatic rings. The SMILES string of the molecule is Fc1cccc(C(CCc2ccccc2)C(F)(F)F)c1. The molecule has 20 heavy (non-hydrogen) atoms. The normalized spacial score (nSPS) is 13.2. The highest BCUT2D eigenvalue weighted by Crippen LogP contribution is 2.38. The number of alkyl halides is 3. The van der Waals surface area contributed by atoms with Crippen molar-refractivity contribution in [3.63, 3.8) is 0 Å². The summed E-state index contributed by atoms with van der Waals surface area (Å²) in [6.45, 7) is 0. The molecule has 0 saturated carbocycles. The van der Waals surface area contributed by atoms with E-state index in [9.17, 15) is 17.6 Å². The van der Waals surface area contributed by atoms with Crippen LogP contribution in [-0.2, 0) is 6.42 Å². The Balaban J connectivity index is 2.17. The molecule has 0 aliphatic carbocycles. The summed E-state index contributed by atoms with van der Waals surface area (Å²) in [6, 6.07) is 13.7. The molecule has 1 atom stereocenters. The smallest absolute Gasteiger partial charge is 0.207 e. The fourth-order valence-electron chi connectivity index (χ4n) is 2.20. The van der Waals surface area contributed by atoms with Gasteiger partial charge in [0.2, 0.25) is 0 Å². The second-order valence-electron chi connectivity index (χ2n) is 4.67. The van der Waals surface area contributed by atoms with E-state index in [2.05, 4.69) is 0 Å². The van der Waals surface area contributed by atoms with Crippen molar-refractivity contribution in [3.8, 4) is 0 Å². The van der Waals surface area contributed by atoms with Gasteiger partial charge in [0.05, 0.1) is 5.92 Å². The van der Waals surface area contributed by atoms with Crippen molar-refractivity contribution in [3.05, 3.63) is 71.5 Å². The lowest BCUT2D eigenvalue weighted by molar-refractivity contribution is -0.151. The molecule has 1 unspecified atom stereocenters. The lowest BCUT2D eigenvalue weighted by Crippen LogP contribution is -2.21. The average molecular weight is 282 g/mol. The predicted octanol–water partition coefficient (Wildman–Crippen LogP) is 5.10. The third-order valence-electron chi connectivity index (χ3n) is 3.21. The van der Waals surface area contributed by atoms with Gasteiger partial charge in [-0.25, -0.2) is 4.39 Å². The van der Waals surface area contributed by atoms with E-state index in [-0.39, 0.29) is 12.0 Å². The summed E-state index contributed by atoms with van der Waals surface area (Å²) in [5.41, 5.74) is 0.826. The maximum absolute atomic E-state index is 13.1. The van der Waals surface area contributed by atoms with E-state index in [1.807, 2.05) is 6.07 Å². The number of hydrogen-bond acceptors (Lipinski definition) is 0. The van der Waals surface area contributed by atoms with E-state index in [0.717, 1.165) is 17.7 Å². The standard InChI is InChI=1S/C16H14F4/c17-14-8-4-7-13(11-14)15(16(18,19)20)10-9-12-5-2-1-3-6-12/h1-8,11,15H,9-10H2. The van der Waals surface area contributed by atoms with Crippen molar-refractivity contribution in [1.82, 2.24) is 0 Å². The molecule has 2 aromatic carbocycles. The highest BCUT2D eigenvalue weighted by atomic mass is 19.4. The van der Waals surface area contributed by atoms with E-state index < -0.39 is 17.9 Å². The van der Waals surface area contributed by atoms with Crippen molar-refractivity contribution in [1.29, 1.82) is 0 Å². The van der Waals surface area contributed by atoms with E-state index in [4.69, 9.17) is 0 Å². The summed E-state index contributed by atoms with van der Waals surface area (Å²) in [7, 11) is 0. The van der Waals surface area contributed by atoms with Gasteiger partial charge < -0.3 is 0 Å². The molecule has 0 fully saturated rings. The van der Waals surface area contributed by atoms with Gasteiger partial charge in [-0.15, -0.1) is 0 Å². The Kier molecular flexibility index (Phi) is 4.42. The van der Waals surface area contributed by atoms with Crippen LogP contribution in [0.4, 0.5) is 17.6 Å². The first-order valence-corrected chi connectivity index (χ1v) is 6.33. The van der Waals surface area contributed by atoms with Crippen LogP contribution in [0.15, 0.2) is 54.6 Å². The first-order chi connectivity index (χ1) is 9.47. The molecular formula is C16H14F4. The Morgan fingerprint density at radius 1 is 0.900 bits per heavy atom. The lowest BCUT2D eigenvalue weighted by atomic mass is 9.92. The van der Waals surface area contributed by atoms with Gasteiger partial charge in [-0.1, -0.05) is 42.5 Å². The van der Waals surface area contributed by atoms with Gasteiger partial charge >= 0.3 is 6.18 Å². The molecule has 0 saturated heterocycles. The monoisotopic (exact) mass is 282 g/mol. The zero-order valence-corrected chi connectivity index (χ0v) is 10.7. The van der Waals surface area contributed by atoms with Crippen molar-refractivity contribution >= 4 is 0 Å². The Morgan fingerprint density at radius 2 is 1.60 bits per heavy atom. The van der Waals surface area contributed by atoms with Crippen molar-refractivity contribution in [2.75, 3.05) is 0 Å². The van der Waals surface area contributed by atoms with E-state index >= 15 is 0 Å². The van der Waals surface area contributed by atoms with Gasteiger partial charge in [0.1, 0.15) is 5.82 Å². The highest BCUT2D eigenvalue weighted by Gasteiger charge is 2.40. The summed E-state index contributed by atoms with van der Waals surface area (Å²) in [5.74, 6) is -2.28. The van der Waals surface area contributed by atoms with Crippen LogP contribution < -0.4 is 0 Å². The third-order valence-corrected chi connectivity index (χ3v) is 3.21. The summed E-state index contributed by atoms with van der Waals surface area (Å²) < 4.78 is 52.5. The van der Waals surface area contributed by atoms with Crippen LogP contribution in [0.25, 0.3) is 0 Å². The summed E-state index contributed by atoms with van der Waals surface area (Å²) in [6.07, 6.45) is -4.15. The second kappa shape index (κ2) is 6.07. The summed E-state index contributed by atoms with van der Waals surface area (Å²) >= 11 is 0. The molecular weight excluding hydrogens is 268 g/mol. The molecule has 2 aromatic rings. The Bertz CT molecular complexity index is 546. The minimum Gasteiger partial charge on any atom is -0.207 e. The Hall–Kier alpha value is -1.84. The molecule has 4 heteroatoms. The van der Waals surface area contributed by atoms with Crippen LogP contribution in [0.2, 0.25) is 0 Å². The molecule has 0 aliphatic heterocycles. The number of halogens is 4. The number of hydrogen-bond donors (Lipinski definition) is 0. The Morgan fingerprint density at radius 3 is 2.20 bits per heavy atom. The fraction of sp³-hybridized carbons (Fsp3) is 0.250. The van der Waals surface area contributed by atoms with Crippen molar-refractivity contribution < 1.29 is 17.6 Å². The maximum atomic E-state index is 13.1. The molecule has 0 aromatic heterocycles. The van der Waals surface area contributed by atoms with Gasteiger partial charge in [0.25, 0.3) is 0 Å². The van der Waals surface area contributed by atoms with Crippen LogP contribution in [0, 0.1) is 5.82 Å². The van der Waals surface area contributed by atoms with E-state index in [1.54, 1.807) is 24.3 Å². The molecule has 0 bridgehead atoms. The summed E-state index contributed by atoms with van der Waals surface area (Å²) in [5, 5.41) is 0. The van der Waals surface area contributed by atoms with Crippen LogP contribution >= 0.6 is 0 Å². The molecule has 0 heterocycles. The van der Waals surface area contributed by atoms with Gasteiger partial charge in [-0.2, -0.15) is 13.2 Å². The Labute approximate surface area is 115 Å². The van der Waals surface area contributed by atoms with E-state index in [1.165, 1.54) is 12.1 Å². The molecule has 106 valence electrons. The third kappa shape index (κ3) is 3.83. The number of rotatable bonds is 4. The first-order valence-electron chi connectivity index (χ1n) is 6.33. The van der Waals surface area contributed by atoms with Gasteiger partial charge in [-0.3, -0.25) is 0 Å². The lowest BCUT2D eigenvalue weighted by Gasteiger charge is -2.20. The quantitative estimate of drug-likeness (QED) is 0.684. The first kappa shape index (κ1) is 14.6. The molecule has 2 rings (SSSR count). The molecule has 0 amide bonds. The average Bonchev–Trinajstić information content (AvgIpc) is 2.39. The number of benzene rings is 2. The van der Waals surface area contributed by atoms with Gasteiger partial charge in [0, 0.05) is 0 Å². The topological polar surface area (TPSA) is 0 Å². The van der Waals surface area contributed by atoms with Crippen LogP contribution in [-0.4, -0.2) is 6.18 Å². The fourth-order valence-corrected chi connectivity index (χ4v) is 2.20.